The van der Waals surface area contributed by atoms with Gasteiger partial charge in [0.05, 0.1) is 18.2 Å². The summed E-state index contributed by atoms with van der Waals surface area (Å²) in [7, 11) is 0. The highest BCUT2D eigenvalue weighted by Gasteiger charge is 2.41. The van der Waals surface area contributed by atoms with E-state index in [9.17, 15) is 4.79 Å². The Balaban J connectivity index is 0.00000208. The maximum atomic E-state index is 12.1. The lowest BCUT2D eigenvalue weighted by Crippen LogP contribution is -2.48. The molecule has 0 radical (unpaired) electrons. The summed E-state index contributed by atoms with van der Waals surface area (Å²) in [5.41, 5.74) is 0. The molecule has 1 aliphatic carbocycles. The van der Waals surface area contributed by atoms with Crippen molar-refractivity contribution >= 4 is 35.8 Å². The van der Waals surface area contributed by atoms with Crippen molar-refractivity contribution in [1.29, 1.82) is 0 Å². The van der Waals surface area contributed by atoms with Gasteiger partial charge in [-0.2, -0.15) is 0 Å². The first-order chi connectivity index (χ1) is 11.2. The molecule has 138 valence electrons. The van der Waals surface area contributed by atoms with Crippen molar-refractivity contribution in [2.75, 3.05) is 13.1 Å². The zero-order valence-electron chi connectivity index (χ0n) is 14.6. The number of carbonyl (C=O) groups excluding carboxylic acids is 1. The number of rotatable bonds is 5. The molecular formula is C17H31IN4O2. The summed E-state index contributed by atoms with van der Waals surface area (Å²) in [5, 5.41) is 9.78. The average Bonchev–Trinajstić information content (AvgIpc) is 3.16. The second kappa shape index (κ2) is 9.79. The molecule has 3 aliphatic rings. The SMILES string of the molecule is CCNC(=NCC(=O)NC1CCCCC1)NC1CC2CCC1O2.I. The number of aliphatic imine (C=N–C) groups is 1. The molecule has 0 aromatic heterocycles. The van der Waals surface area contributed by atoms with Crippen molar-refractivity contribution in [3.05, 3.63) is 0 Å². The topological polar surface area (TPSA) is 74.8 Å². The number of halogens is 1. The van der Waals surface area contributed by atoms with Crippen LogP contribution in [-0.4, -0.2) is 49.2 Å². The molecule has 0 aromatic rings. The van der Waals surface area contributed by atoms with Gasteiger partial charge in [-0.25, -0.2) is 4.99 Å². The Bertz CT molecular complexity index is 440. The van der Waals surface area contributed by atoms with Crippen LogP contribution in [0.25, 0.3) is 0 Å². The molecule has 0 aromatic carbocycles. The van der Waals surface area contributed by atoms with Crippen LogP contribution < -0.4 is 16.0 Å². The van der Waals surface area contributed by atoms with E-state index in [4.69, 9.17) is 4.74 Å². The lowest BCUT2D eigenvalue weighted by atomic mass is 9.95. The Morgan fingerprint density at radius 3 is 2.54 bits per heavy atom. The van der Waals surface area contributed by atoms with Gasteiger partial charge in [-0.1, -0.05) is 19.3 Å². The number of carbonyl (C=O) groups is 1. The molecule has 2 aliphatic heterocycles. The molecule has 6 nitrogen and oxygen atoms in total. The van der Waals surface area contributed by atoms with Crippen molar-refractivity contribution in [2.45, 2.75) is 82.6 Å². The molecule has 0 spiro atoms. The summed E-state index contributed by atoms with van der Waals surface area (Å²) < 4.78 is 5.87. The van der Waals surface area contributed by atoms with Crippen LogP contribution in [0.15, 0.2) is 4.99 Å². The maximum Gasteiger partial charge on any atom is 0.242 e. The third-order valence-corrected chi connectivity index (χ3v) is 5.12. The van der Waals surface area contributed by atoms with Crippen molar-refractivity contribution < 1.29 is 9.53 Å². The largest absolute Gasteiger partial charge is 0.373 e. The molecule has 1 amide bonds. The molecule has 24 heavy (non-hydrogen) atoms. The number of fused-ring (bicyclic) bond motifs is 2. The average molecular weight is 450 g/mol. The minimum absolute atomic E-state index is 0. The van der Waals surface area contributed by atoms with Crippen LogP contribution in [0.2, 0.25) is 0 Å². The van der Waals surface area contributed by atoms with E-state index in [1.54, 1.807) is 0 Å². The number of guanidine groups is 1. The smallest absolute Gasteiger partial charge is 0.242 e. The van der Waals surface area contributed by atoms with Gasteiger partial charge in [-0.05, 0) is 39.0 Å². The fourth-order valence-corrected chi connectivity index (χ4v) is 3.96. The third kappa shape index (κ3) is 5.47. The molecule has 2 bridgehead atoms. The van der Waals surface area contributed by atoms with Gasteiger partial charge >= 0.3 is 0 Å². The molecule has 3 unspecified atom stereocenters. The minimum Gasteiger partial charge on any atom is -0.373 e. The van der Waals surface area contributed by atoms with Crippen LogP contribution >= 0.6 is 24.0 Å². The second-order valence-corrected chi connectivity index (χ2v) is 6.96. The predicted molar refractivity (Wildman–Crippen MR) is 106 cm³/mol. The summed E-state index contributed by atoms with van der Waals surface area (Å²) >= 11 is 0. The highest BCUT2D eigenvalue weighted by molar-refractivity contribution is 14.0. The zero-order chi connectivity index (χ0) is 16.1. The van der Waals surface area contributed by atoms with Gasteiger partial charge in [0.15, 0.2) is 5.96 Å². The standard InChI is InChI=1S/C17H30N4O2.HI/c1-2-18-17(21-14-10-13-8-9-15(14)23-13)19-11-16(22)20-12-6-4-3-5-7-12;/h12-15H,2-11H2,1H3,(H,20,22)(H2,18,19,21);1H. The molecule has 2 saturated heterocycles. The fraction of sp³-hybridized carbons (Fsp3) is 0.882. The minimum atomic E-state index is 0. The number of nitrogens with zero attached hydrogens (tertiary/aromatic N) is 1. The van der Waals surface area contributed by atoms with E-state index in [2.05, 4.69) is 20.9 Å². The third-order valence-electron chi connectivity index (χ3n) is 5.12. The molecule has 2 heterocycles. The highest BCUT2D eigenvalue weighted by Crippen LogP contribution is 2.34. The van der Waals surface area contributed by atoms with E-state index in [0.717, 1.165) is 38.2 Å². The molecule has 3 rings (SSSR count). The van der Waals surface area contributed by atoms with Crippen molar-refractivity contribution in [3.63, 3.8) is 0 Å². The van der Waals surface area contributed by atoms with Crippen LogP contribution in [0.3, 0.4) is 0 Å². The lowest BCUT2D eigenvalue weighted by Gasteiger charge is -2.23. The first-order valence-electron chi connectivity index (χ1n) is 9.24. The Kier molecular flexibility index (Phi) is 8.06. The fourth-order valence-electron chi connectivity index (χ4n) is 3.96. The van der Waals surface area contributed by atoms with E-state index in [1.807, 2.05) is 6.92 Å². The van der Waals surface area contributed by atoms with Crippen molar-refractivity contribution in [1.82, 2.24) is 16.0 Å². The predicted octanol–water partition coefficient (Wildman–Crippen LogP) is 1.93. The molecular weight excluding hydrogens is 419 g/mol. The van der Waals surface area contributed by atoms with Crippen LogP contribution in [0.4, 0.5) is 0 Å². The molecule has 3 atom stereocenters. The van der Waals surface area contributed by atoms with Crippen LogP contribution in [0.5, 0.6) is 0 Å². The first kappa shape index (κ1) is 19.8. The van der Waals surface area contributed by atoms with Gasteiger partial charge < -0.3 is 20.7 Å². The number of amides is 1. The summed E-state index contributed by atoms with van der Waals surface area (Å²) in [5.74, 6) is 0.755. The van der Waals surface area contributed by atoms with Gasteiger partial charge in [-0.3, -0.25) is 4.79 Å². The summed E-state index contributed by atoms with van der Waals surface area (Å²) in [6, 6.07) is 0.675. The normalized spacial score (nSPS) is 29.9. The number of hydrogen-bond acceptors (Lipinski definition) is 3. The monoisotopic (exact) mass is 450 g/mol. The van der Waals surface area contributed by atoms with Gasteiger partial charge in [0.25, 0.3) is 0 Å². The Morgan fingerprint density at radius 2 is 1.92 bits per heavy atom. The first-order valence-corrected chi connectivity index (χ1v) is 9.24. The Morgan fingerprint density at radius 1 is 1.12 bits per heavy atom. The van der Waals surface area contributed by atoms with E-state index < -0.39 is 0 Å². The zero-order valence-corrected chi connectivity index (χ0v) is 16.9. The summed E-state index contributed by atoms with van der Waals surface area (Å²) in [6.07, 6.45) is 10.0. The van der Waals surface area contributed by atoms with Crippen LogP contribution in [0, 0.1) is 0 Å². The van der Waals surface area contributed by atoms with Gasteiger partial charge in [0.2, 0.25) is 5.91 Å². The molecule has 7 heteroatoms. The van der Waals surface area contributed by atoms with E-state index in [-0.39, 0.29) is 36.4 Å². The molecule has 1 saturated carbocycles. The van der Waals surface area contributed by atoms with Crippen molar-refractivity contribution in [3.8, 4) is 0 Å². The molecule has 3 N–H and O–H groups in total. The van der Waals surface area contributed by atoms with Gasteiger partial charge in [-0.15, -0.1) is 24.0 Å². The quantitative estimate of drug-likeness (QED) is 0.340. The Labute approximate surface area is 162 Å². The van der Waals surface area contributed by atoms with E-state index in [1.165, 1.54) is 25.7 Å². The van der Waals surface area contributed by atoms with E-state index >= 15 is 0 Å². The van der Waals surface area contributed by atoms with Gasteiger partial charge in [0.1, 0.15) is 6.54 Å². The number of ether oxygens (including phenoxy) is 1. The number of hydrogen-bond donors (Lipinski definition) is 3. The second-order valence-electron chi connectivity index (χ2n) is 6.96. The highest BCUT2D eigenvalue weighted by atomic mass is 127. The van der Waals surface area contributed by atoms with Crippen LogP contribution in [0.1, 0.15) is 58.3 Å². The summed E-state index contributed by atoms with van der Waals surface area (Å²) in [4.78, 5) is 16.5. The number of nitrogens with one attached hydrogen (secondary N) is 3. The molecule has 3 fully saturated rings. The Hall–Kier alpha value is -0.570. The maximum absolute atomic E-state index is 12.1. The van der Waals surface area contributed by atoms with Crippen LogP contribution in [-0.2, 0) is 9.53 Å². The van der Waals surface area contributed by atoms with E-state index in [0.29, 0.717) is 24.3 Å². The summed E-state index contributed by atoms with van der Waals surface area (Å²) in [6.45, 7) is 3.02. The lowest BCUT2D eigenvalue weighted by molar-refractivity contribution is -0.120. The van der Waals surface area contributed by atoms with Gasteiger partial charge in [0, 0.05) is 12.6 Å². The van der Waals surface area contributed by atoms with Crippen molar-refractivity contribution in [2.24, 2.45) is 4.99 Å².